The van der Waals surface area contributed by atoms with Crippen LogP contribution in [0.25, 0.3) is 0 Å². The first-order valence-electron chi connectivity index (χ1n) is 4.67. The largest absolute Gasteiger partial charge is 0.468 e. The summed E-state index contributed by atoms with van der Waals surface area (Å²) in [7, 11) is 2.88. The number of hydrogen-bond acceptors (Lipinski definition) is 5. The molecule has 1 aromatic rings. The number of nitro benzene ring substituents is 1. The van der Waals surface area contributed by atoms with Gasteiger partial charge in [-0.25, -0.2) is 0 Å². The molecule has 0 N–H and O–H groups in total. The Morgan fingerprint density at radius 3 is 2.76 bits per heavy atom. The number of ether oxygens (including phenoxy) is 1. The molecule has 0 saturated carbocycles. The van der Waals surface area contributed by atoms with Crippen LogP contribution in [0.1, 0.15) is 0 Å². The van der Waals surface area contributed by atoms with E-state index in [4.69, 9.17) is 0 Å². The molecular formula is C10H11IN2O4. The number of benzene rings is 1. The topological polar surface area (TPSA) is 72.7 Å². The molecule has 17 heavy (non-hydrogen) atoms. The monoisotopic (exact) mass is 350 g/mol. The van der Waals surface area contributed by atoms with E-state index in [0.717, 1.165) is 3.57 Å². The fraction of sp³-hybridized carbons (Fsp3) is 0.300. The van der Waals surface area contributed by atoms with Crippen LogP contribution in [-0.4, -0.2) is 31.6 Å². The van der Waals surface area contributed by atoms with Gasteiger partial charge in [-0.05, 0) is 34.7 Å². The maximum atomic E-state index is 11.1. The van der Waals surface area contributed by atoms with Crippen molar-refractivity contribution in [2.75, 3.05) is 25.6 Å². The molecule has 0 unspecified atom stereocenters. The van der Waals surface area contributed by atoms with Crippen molar-refractivity contribution in [2.24, 2.45) is 0 Å². The quantitative estimate of drug-likeness (QED) is 0.358. The molecule has 6 nitrogen and oxygen atoms in total. The molecular weight excluding hydrogens is 339 g/mol. The van der Waals surface area contributed by atoms with E-state index in [1.165, 1.54) is 18.1 Å². The molecule has 0 saturated heterocycles. The van der Waals surface area contributed by atoms with E-state index >= 15 is 0 Å². The number of anilines is 1. The van der Waals surface area contributed by atoms with Crippen LogP contribution in [-0.2, 0) is 9.53 Å². The highest BCUT2D eigenvalue weighted by Crippen LogP contribution is 2.28. The van der Waals surface area contributed by atoms with E-state index in [1.54, 1.807) is 19.2 Å². The molecule has 0 radical (unpaired) electrons. The third kappa shape index (κ3) is 3.55. The zero-order chi connectivity index (χ0) is 13.0. The van der Waals surface area contributed by atoms with Crippen LogP contribution in [0.2, 0.25) is 0 Å². The van der Waals surface area contributed by atoms with Gasteiger partial charge in [0.15, 0.2) is 0 Å². The Morgan fingerprint density at radius 2 is 2.24 bits per heavy atom. The SMILES string of the molecule is COC(=O)CN(C)c1ccc(I)cc1[N+](=O)[O-]. The number of rotatable bonds is 4. The van der Waals surface area contributed by atoms with Crippen molar-refractivity contribution in [3.63, 3.8) is 0 Å². The van der Waals surface area contributed by atoms with Gasteiger partial charge in [-0.2, -0.15) is 0 Å². The van der Waals surface area contributed by atoms with E-state index in [2.05, 4.69) is 4.74 Å². The van der Waals surface area contributed by atoms with Crippen LogP contribution < -0.4 is 4.90 Å². The molecule has 0 spiro atoms. The van der Waals surface area contributed by atoms with Gasteiger partial charge < -0.3 is 9.64 Å². The number of esters is 1. The van der Waals surface area contributed by atoms with Crippen LogP contribution in [0, 0.1) is 13.7 Å². The number of methoxy groups -OCH3 is 1. The lowest BCUT2D eigenvalue weighted by molar-refractivity contribution is -0.384. The van der Waals surface area contributed by atoms with Gasteiger partial charge in [-0.1, -0.05) is 0 Å². The third-order valence-electron chi connectivity index (χ3n) is 2.14. The minimum absolute atomic E-state index is 0.0247. The minimum atomic E-state index is -0.467. The van der Waals surface area contributed by atoms with Crippen molar-refractivity contribution >= 4 is 39.9 Å². The molecule has 0 fully saturated rings. The first-order chi connectivity index (χ1) is 7.95. The average Bonchev–Trinajstić information content (AvgIpc) is 2.28. The summed E-state index contributed by atoms with van der Waals surface area (Å²) in [5.74, 6) is -0.444. The van der Waals surface area contributed by atoms with Crippen molar-refractivity contribution < 1.29 is 14.5 Å². The van der Waals surface area contributed by atoms with Gasteiger partial charge in [0.2, 0.25) is 0 Å². The Bertz CT molecular complexity index is 450. The molecule has 1 rings (SSSR count). The fourth-order valence-corrected chi connectivity index (χ4v) is 1.78. The molecule has 0 bridgehead atoms. The minimum Gasteiger partial charge on any atom is -0.468 e. The van der Waals surface area contributed by atoms with Gasteiger partial charge >= 0.3 is 5.97 Å². The maximum absolute atomic E-state index is 11.1. The molecule has 1 aromatic carbocycles. The average molecular weight is 350 g/mol. The number of halogens is 1. The summed E-state index contributed by atoms with van der Waals surface area (Å²) >= 11 is 2.00. The van der Waals surface area contributed by atoms with Crippen molar-refractivity contribution in [1.29, 1.82) is 0 Å². The summed E-state index contributed by atoms with van der Waals surface area (Å²) in [6.07, 6.45) is 0. The molecule has 0 aliphatic rings. The molecule has 0 atom stereocenters. The van der Waals surface area contributed by atoms with Crippen molar-refractivity contribution in [3.8, 4) is 0 Å². The van der Waals surface area contributed by atoms with E-state index in [-0.39, 0.29) is 12.2 Å². The molecule has 7 heteroatoms. The lowest BCUT2D eigenvalue weighted by atomic mass is 10.2. The number of carbonyl (C=O) groups excluding carboxylic acids is 1. The smallest absolute Gasteiger partial charge is 0.325 e. The molecule has 0 aromatic heterocycles. The number of likely N-dealkylation sites (N-methyl/N-ethyl adjacent to an activating group) is 1. The highest BCUT2D eigenvalue weighted by molar-refractivity contribution is 14.1. The molecule has 0 amide bonds. The van der Waals surface area contributed by atoms with Crippen LogP contribution >= 0.6 is 22.6 Å². The zero-order valence-corrected chi connectivity index (χ0v) is 11.5. The van der Waals surface area contributed by atoms with Gasteiger partial charge in [-0.3, -0.25) is 14.9 Å². The summed E-state index contributed by atoms with van der Waals surface area (Å²) in [4.78, 5) is 23.0. The normalized spacial score (nSPS) is 9.82. The summed E-state index contributed by atoms with van der Waals surface area (Å²) < 4.78 is 5.28. The number of nitrogens with zero attached hydrogens (tertiary/aromatic N) is 2. The predicted octanol–water partition coefficient (Wildman–Crippen LogP) is 1.81. The van der Waals surface area contributed by atoms with Crippen molar-refractivity contribution in [1.82, 2.24) is 0 Å². The molecule has 92 valence electrons. The van der Waals surface area contributed by atoms with Gasteiger partial charge in [0.25, 0.3) is 5.69 Å². The summed E-state index contributed by atoms with van der Waals surface area (Å²) in [5.41, 5.74) is 0.365. The Balaban J connectivity index is 3.04. The second-order valence-electron chi connectivity index (χ2n) is 3.32. The van der Waals surface area contributed by atoms with Crippen LogP contribution in [0.3, 0.4) is 0 Å². The lowest BCUT2D eigenvalue weighted by Crippen LogP contribution is -2.26. The van der Waals surface area contributed by atoms with Gasteiger partial charge in [0.1, 0.15) is 12.2 Å². The molecule has 0 aliphatic carbocycles. The fourth-order valence-electron chi connectivity index (χ4n) is 1.31. The number of hydrogen-bond donors (Lipinski definition) is 0. The first kappa shape index (κ1) is 13.7. The Hall–Kier alpha value is -1.38. The van der Waals surface area contributed by atoms with Crippen LogP contribution in [0.15, 0.2) is 18.2 Å². The maximum Gasteiger partial charge on any atom is 0.325 e. The Kier molecular flexibility index (Phi) is 4.67. The summed E-state index contributed by atoms with van der Waals surface area (Å²) in [6, 6.07) is 4.82. The first-order valence-corrected chi connectivity index (χ1v) is 5.75. The van der Waals surface area contributed by atoms with Gasteiger partial charge in [0, 0.05) is 16.7 Å². The molecule has 0 heterocycles. The standard InChI is InChI=1S/C10H11IN2O4/c1-12(6-10(14)17-2)8-4-3-7(11)5-9(8)13(15)16/h3-5H,6H2,1-2H3. The lowest BCUT2D eigenvalue weighted by Gasteiger charge is -2.17. The van der Waals surface area contributed by atoms with E-state index in [1.807, 2.05) is 22.6 Å². The highest BCUT2D eigenvalue weighted by Gasteiger charge is 2.19. The zero-order valence-electron chi connectivity index (χ0n) is 9.34. The Labute approximate surface area is 112 Å². The predicted molar refractivity (Wildman–Crippen MR) is 71.1 cm³/mol. The summed E-state index contributed by atoms with van der Waals surface area (Å²) in [5, 5.41) is 10.9. The van der Waals surface area contributed by atoms with E-state index in [9.17, 15) is 14.9 Å². The highest BCUT2D eigenvalue weighted by atomic mass is 127. The van der Waals surface area contributed by atoms with E-state index < -0.39 is 10.9 Å². The number of nitro groups is 1. The van der Waals surface area contributed by atoms with Crippen molar-refractivity contribution in [3.05, 3.63) is 31.9 Å². The number of carbonyl (C=O) groups is 1. The second-order valence-corrected chi connectivity index (χ2v) is 4.57. The van der Waals surface area contributed by atoms with Gasteiger partial charge in [-0.15, -0.1) is 0 Å². The molecule has 0 aliphatic heterocycles. The second kappa shape index (κ2) is 5.80. The third-order valence-corrected chi connectivity index (χ3v) is 2.81. The summed E-state index contributed by atoms with van der Waals surface area (Å²) in [6.45, 7) is -0.0298. The van der Waals surface area contributed by atoms with E-state index in [0.29, 0.717) is 5.69 Å². The van der Waals surface area contributed by atoms with Gasteiger partial charge in [0.05, 0.1) is 12.0 Å². The van der Waals surface area contributed by atoms with Crippen LogP contribution in [0.4, 0.5) is 11.4 Å². The van der Waals surface area contributed by atoms with Crippen LogP contribution in [0.5, 0.6) is 0 Å². The Morgan fingerprint density at radius 1 is 1.59 bits per heavy atom. The van der Waals surface area contributed by atoms with Crippen molar-refractivity contribution in [2.45, 2.75) is 0 Å².